The monoisotopic (exact) mass is 499 g/mol. The molecule has 0 spiro atoms. The van der Waals surface area contributed by atoms with Crippen LogP contribution in [0.3, 0.4) is 0 Å². The van der Waals surface area contributed by atoms with Crippen LogP contribution in [-0.2, 0) is 4.79 Å². The molecule has 0 aromatic heterocycles. The van der Waals surface area contributed by atoms with Crippen molar-refractivity contribution in [1.29, 1.82) is 0 Å². The summed E-state index contributed by atoms with van der Waals surface area (Å²) in [4.78, 5) is 39.2. The van der Waals surface area contributed by atoms with Crippen LogP contribution in [0, 0.1) is 5.92 Å². The van der Waals surface area contributed by atoms with E-state index in [-0.39, 0.29) is 23.4 Å². The minimum absolute atomic E-state index is 0.0843. The average molecular weight is 500 g/mol. The minimum atomic E-state index is -0.964. The highest BCUT2D eigenvalue weighted by atomic mass is 16.4. The smallest absolute Gasteiger partial charge is 0.335 e. The van der Waals surface area contributed by atoms with Crippen LogP contribution in [0.15, 0.2) is 72.8 Å². The molecule has 192 valence electrons. The summed E-state index contributed by atoms with van der Waals surface area (Å²) in [5.41, 5.74) is 4.57. The molecule has 3 aromatic carbocycles. The zero-order chi connectivity index (χ0) is 26.5. The summed E-state index contributed by atoms with van der Waals surface area (Å²) in [5.74, 6) is -0.670. The summed E-state index contributed by atoms with van der Waals surface area (Å²) in [6.07, 6.45) is 1.58. The number of carbonyl (C=O) groups excluding carboxylic acids is 2. The van der Waals surface area contributed by atoms with Crippen LogP contribution in [0.25, 0.3) is 11.1 Å². The number of carboxylic acid groups (broad SMARTS) is 1. The first-order chi connectivity index (χ1) is 17.8. The summed E-state index contributed by atoms with van der Waals surface area (Å²) >= 11 is 0. The Morgan fingerprint density at radius 3 is 1.95 bits per heavy atom. The lowest BCUT2D eigenvalue weighted by Crippen LogP contribution is -2.47. The van der Waals surface area contributed by atoms with Gasteiger partial charge < -0.3 is 20.6 Å². The summed E-state index contributed by atoms with van der Waals surface area (Å²) in [7, 11) is 0. The van der Waals surface area contributed by atoms with Gasteiger partial charge in [0, 0.05) is 17.9 Å². The predicted octanol–water partition coefficient (Wildman–Crippen LogP) is 6.45. The number of likely N-dealkylation sites (tertiary alicyclic amines) is 1. The van der Waals surface area contributed by atoms with Gasteiger partial charge in [0.2, 0.25) is 5.91 Å². The van der Waals surface area contributed by atoms with Crippen molar-refractivity contribution in [3.63, 3.8) is 0 Å². The van der Waals surface area contributed by atoms with Crippen molar-refractivity contribution in [2.45, 2.75) is 45.6 Å². The van der Waals surface area contributed by atoms with Crippen molar-refractivity contribution < 1.29 is 19.5 Å². The van der Waals surface area contributed by atoms with E-state index < -0.39 is 12.0 Å². The largest absolute Gasteiger partial charge is 0.478 e. The van der Waals surface area contributed by atoms with Gasteiger partial charge in [-0.2, -0.15) is 0 Å². The molecule has 3 aromatic rings. The van der Waals surface area contributed by atoms with Gasteiger partial charge >= 0.3 is 12.0 Å². The highest BCUT2D eigenvalue weighted by Gasteiger charge is 2.41. The number of anilines is 2. The van der Waals surface area contributed by atoms with Crippen LogP contribution in [0.1, 0.15) is 55.5 Å². The highest BCUT2D eigenvalue weighted by molar-refractivity contribution is 6.00. The Hall–Kier alpha value is -4.13. The third-order valence-electron chi connectivity index (χ3n) is 7.02. The third-order valence-corrected chi connectivity index (χ3v) is 7.02. The zero-order valence-corrected chi connectivity index (χ0v) is 21.4. The lowest BCUT2D eigenvalue weighted by molar-refractivity contribution is -0.120. The second-order valence-electron chi connectivity index (χ2n) is 9.75. The molecule has 7 nitrogen and oxygen atoms in total. The maximum absolute atomic E-state index is 13.3. The van der Waals surface area contributed by atoms with Gasteiger partial charge in [0.05, 0.1) is 5.56 Å². The number of aromatic carboxylic acids is 1. The van der Waals surface area contributed by atoms with Crippen LogP contribution in [0.5, 0.6) is 0 Å². The van der Waals surface area contributed by atoms with Crippen LogP contribution >= 0.6 is 0 Å². The van der Waals surface area contributed by atoms with Crippen molar-refractivity contribution in [1.82, 2.24) is 4.90 Å². The molecule has 3 N–H and O–H groups in total. The van der Waals surface area contributed by atoms with E-state index in [1.807, 2.05) is 55.5 Å². The zero-order valence-electron chi connectivity index (χ0n) is 21.4. The first-order valence-electron chi connectivity index (χ1n) is 12.7. The van der Waals surface area contributed by atoms with E-state index >= 15 is 0 Å². The molecule has 0 bridgehead atoms. The van der Waals surface area contributed by atoms with E-state index in [2.05, 4.69) is 24.5 Å². The average Bonchev–Trinajstić information content (AvgIpc) is 3.34. The lowest BCUT2D eigenvalue weighted by Gasteiger charge is -2.27. The van der Waals surface area contributed by atoms with Crippen molar-refractivity contribution in [2.24, 2.45) is 5.92 Å². The number of nitrogens with zero attached hydrogens (tertiary/aromatic N) is 1. The Labute approximate surface area is 217 Å². The van der Waals surface area contributed by atoms with Gasteiger partial charge in [-0.25, -0.2) is 9.59 Å². The quantitative estimate of drug-likeness (QED) is 0.348. The highest BCUT2D eigenvalue weighted by Crippen LogP contribution is 2.30. The summed E-state index contributed by atoms with van der Waals surface area (Å²) in [6.45, 7) is 6.81. The van der Waals surface area contributed by atoms with E-state index in [1.165, 1.54) is 5.56 Å². The van der Waals surface area contributed by atoms with Gasteiger partial charge in [0.1, 0.15) is 6.04 Å². The number of carbonyl (C=O) groups is 3. The van der Waals surface area contributed by atoms with Crippen molar-refractivity contribution in [3.05, 3.63) is 83.9 Å². The molecule has 0 unspecified atom stereocenters. The second kappa shape index (κ2) is 11.3. The SMILES string of the molecule is CC[C@@H]1CCN(C(=O)Nc2ccc(C(C)C)cc2)[C@@H]1C(=O)Nc1ccc(-c2ccc(C(=O)O)cc2)cc1. The predicted molar refractivity (Wildman–Crippen MR) is 146 cm³/mol. The van der Waals surface area contributed by atoms with Crippen LogP contribution in [-0.4, -0.2) is 40.5 Å². The normalized spacial score (nSPS) is 17.0. The fraction of sp³-hybridized carbons (Fsp3) is 0.300. The molecule has 1 aliphatic rings. The lowest BCUT2D eigenvalue weighted by atomic mass is 9.96. The molecule has 7 heteroatoms. The number of nitrogens with one attached hydrogen (secondary N) is 2. The van der Waals surface area contributed by atoms with E-state index in [0.29, 0.717) is 23.8 Å². The molecular weight excluding hydrogens is 466 g/mol. The Morgan fingerprint density at radius 1 is 0.865 bits per heavy atom. The van der Waals surface area contributed by atoms with Gasteiger partial charge in [-0.1, -0.05) is 63.6 Å². The van der Waals surface area contributed by atoms with Gasteiger partial charge in [-0.15, -0.1) is 0 Å². The van der Waals surface area contributed by atoms with E-state index in [9.17, 15) is 14.4 Å². The van der Waals surface area contributed by atoms with Crippen LogP contribution in [0.2, 0.25) is 0 Å². The number of hydrogen-bond acceptors (Lipinski definition) is 3. The third kappa shape index (κ3) is 6.00. The van der Waals surface area contributed by atoms with E-state index in [0.717, 1.165) is 24.0 Å². The Morgan fingerprint density at radius 2 is 1.41 bits per heavy atom. The molecule has 37 heavy (non-hydrogen) atoms. The molecule has 2 atom stereocenters. The maximum atomic E-state index is 13.3. The first kappa shape index (κ1) is 25.9. The number of urea groups is 1. The molecule has 1 heterocycles. The topological polar surface area (TPSA) is 98.7 Å². The number of amides is 3. The Balaban J connectivity index is 1.43. The van der Waals surface area contributed by atoms with Gasteiger partial charge in [0.25, 0.3) is 0 Å². The van der Waals surface area contributed by atoms with Crippen LogP contribution in [0.4, 0.5) is 16.2 Å². The standard InChI is InChI=1S/C30H33N3O4/c1-4-20-17-18-33(30(37)32-26-13-9-21(10-14-26)19(2)3)27(20)28(34)31-25-15-11-23(12-16-25)22-5-7-24(8-6-22)29(35)36/h5-16,19-20,27H,4,17-18H2,1-3H3,(H,31,34)(H,32,37)(H,35,36)/t20-,27+/m1/s1. The molecule has 0 aliphatic carbocycles. The van der Waals surface area contributed by atoms with Gasteiger partial charge in [-0.05, 0) is 71.3 Å². The fourth-order valence-electron chi connectivity index (χ4n) is 4.78. The molecule has 1 fully saturated rings. The summed E-state index contributed by atoms with van der Waals surface area (Å²) in [5, 5.41) is 15.0. The molecular formula is C30H33N3O4. The fourth-order valence-corrected chi connectivity index (χ4v) is 4.78. The maximum Gasteiger partial charge on any atom is 0.335 e. The Bertz CT molecular complexity index is 1250. The first-order valence-corrected chi connectivity index (χ1v) is 12.7. The van der Waals surface area contributed by atoms with Gasteiger partial charge in [0.15, 0.2) is 0 Å². The number of carboxylic acids is 1. The van der Waals surface area contributed by atoms with Crippen molar-refractivity contribution >= 4 is 29.3 Å². The van der Waals surface area contributed by atoms with E-state index in [1.54, 1.807) is 29.2 Å². The number of benzene rings is 3. The molecule has 0 radical (unpaired) electrons. The summed E-state index contributed by atoms with van der Waals surface area (Å²) in [6, 6.07) is 21.0. The second-order valence-corrected chi connectivity index (χ2v) is 9.75. The van der Waals surface area contributed by atoms with E-state index in [4.69, 9.17) is 5.11 Å². The van der Waals surface area contributed by atoms with Crippen LogP contribution < -0.4 is 10.6 Å². The molecule has 1 aliphatic heterocycles. The molecule has 1 saturated heterocycles. The number of hydrogen-bond donors (Lipinski definition) is 3. The molecule has 3 amide bonds. The summed E-state index contributed by atoms with van der Waals surface area (Å²) < 4.78 is 0. The number of rotatable bonds is 7. The minimum Gasteiger partial charge on any atom is -0.478 e. The van der Waals surface area contributed by atoms with Gasteiger partial charge in [-0.3, -0.25) is 4.79 Å². The van der Waals surface area contributed by atoms with Crippen molar-refractivity contribution in [2.75, 3.05) is 17.2 Å². The van der Waals surface area contributed by atoms with Crippen molar-refractivity contribution in [3.8, 4) is 11.1 Å². The Kier molecular flexibility index (Phi) is 7.92. The molecule has 4 rings (SSSR count). The molecule has 0 saturated carbocycles.